The number of phosphoric acid groups is 1. The van der Waals surface area contributed by atoms with Gasteiger partial charge in [0.25, 0.3) is 0 Å². The Balaban J connectivity index is 4.47. The molecule has 0 heterocycles. The first-order valence-corrected chi connectivity index (χ1v) is 22.7. The van der Waals surface area contributed by atoms with E-state index in [1.54, 1.807) is 0 Å². The monoisotopic (exact) mass is 819 g/mol. The summed E-state index contributed by atoms with van der Waals surface area (Å²) in [6, 6.07) is 0. The Morgan fingerprint density at radius 2 is 0.965 bits per heavy atom. The number of unbranched alkanes of at least 4 members (excludes halogenated alkanes) is 8. The second-order valence-electron chi connectivity index (χ2n) is 13.6. The third-order valence-corrected chi connectivity index (χ3v) is 9.17. The van der Waals surface area contributed by atoms with Gasteiger partial charge in [-0.05, 0) is 96.3 Å². The maximum Gasteiger partial charge on any atom is 0.472 e. The summed E-state index contributed by atoms with van der Waals surface area (Å²) in [5.41, 5.74) is 0. The zero-order valence-corrected chi connectivity index (χ0v) is 35.9. The van der Waals surface area contributed by atoms with Crippen LogP contribution >= 0.6 is 7.82 Å². The second kappa shape index (κ2) is 41.1. The van der Waals surface area contributed by atoms with Crippen LogP contribution in [0.5, 0.6) is 0 Å². The number of allylic oxidation sites excluding steroid dienone is 16. The standard InChI is InChI=1S/C46H75O10P/c1-3-5-7-9-11-13-15-17-19-20-21-22-24-26-28-30-32-34-36-38-46(50)56-44(42-55-57(51,52)54-40-43(48)39-47)41-53-45(49)37-35-33-31-29-27-25-23-18-16-14-12-10-8-6-4-2/h5,7,11-14,17-19,21-23,26-29,43-44,47-48H,3-4,6,8-10,15-16,20,24-25,30-42H2,1-2H3,(H,51,52)/b7-5+,13-11+,14-12+,19-17+,22-21+,23-18+,28-26+,29-27+/t43-,44+/m0/s1. The lowest BCUT2D eigenvalue weighted by Gasteiger charge is -2.20. The lowest BCUT2D eigenvalue weighted by molar-refractivity contribution is -0.161. The van der Waals surface area contributed by atoms with Gasteiger partial charge in [0.15, 0.2) is 6.10 Å². The van der Waals surface area contributed by atoms with Crippen LogP contribution in [0.4, 0.5) is 0 Å². The molecule has 0 saturated carbocycles. The number of phosphoric ester groups is 1. The van der Waals surface area contributed by atoms with Gasteiger partial charge in [0.2, 0.25) is 0 Å². The highest BCUT2D eigenvalue weighted by Gasteiger charge is 2.27. The molecule has 0 aromatic heterocycles. The molecular formula is C46H75O10P. The number of carbonyl (C=O) groups excluding carboxylic acids is 2. The quantitative estimate of drug-likeness (QED) is 0.0238. The summed E-state index contributed by atoms with van der Waals surface area (Å²) < 4.78 is 32.6. The second-order valence-corrected chi connectivity index (χ2v) is 15.1. The lowest BCUT2D eigenvalue weighted by atomic mass is 10.1. The number of aliphatic hydroxyl groups is 2. The smallest absolute Gasteiger partial charge is 0.462 e. The largest absolute Gasteiger partial charge is 0.472 e. The van der Waals surface area contributed by atoms with Crippen LogP contribution in [-0.2, 0) is 32.7 Å². The van der Waals surface area contributed by atoms with Crippen LogP contribution in [0.3, 0.4) is 0 Å². The molecule has 0 bridgehead atoms. The van der Waals surface area contributed by atoms with Gasteiger partial charge in [0.1, 0.15) is 12.7 Å². The van der Waals surface area contributed by atoms with E-state index < -0.39 is 51.8 Å². The van der Waals surface area contributed by atoms with Gasteiger partial charge < -0.3 is 24.6 Å². The first kappa shape index (κ1) is 53.9. The first-order chi connectivity index (χ1) is 27.7. The fourth-order valence-corrected chi connectivity index (χ4v) is 5.75. The molecule has 0 aromatic rings. The van der Waals surface area contributed by atoms with E-state index in [1.165, 1.54) is 19.3 Å². The van der Waals surface area contributed by atoms with Crippen LogP contribution in [0.1, 0.15) is 142 Å². The molecule has 0 aromatic carbocycles. The Hall–Kier alpha value is -3.11. The summed E-state index contributed by atoms with van der Waals surface area (Å²) in [5.74, 6) is -1.02. The van der Waals surface area contributed by atoms with E-state index >= 15 is 0 Å². The summed E-state index contributed by atoms with van der Waals surface area (Å²) in [4.78, 5) is 35.0. The third kappa shape index (κ3) is 40.9. The van der Waals surface area contributed by atoms with Crippen molar-refractivity contribution in [3.05, 3.63) is 97.2 Å². The van der Waals surface area contributed by atoms with E-state index in [0.29, 0.717) is 12.8 Å². The molecule has 0 rings (SSSR count). The van der Waals surface area contributed by atoms with Crippen molar-refractivity contribution in [1.29, 1.82) is 0 Å². The van der Waals surface area contributed by atoms with Crippen molar-refractivity contribution in [2.24, 2.45) is 0 Å². The highest BCUT2D eigenvalue weighted by Crippen LogP contribution is 2.43. The number of hydrogen-bond donors (Lipinski definition) is 3. The van der Waals surface area contributed by atoms with Crippen molar-refractivity contribution in [1.82, 2.24) is 0 Å². The Morgan fingerprint density at radius 3 is 1.46 bits per heavy atom. The number of ether oxygens (including phenoxy) is 2. The van der Waals surface area contributed by atoms with Gasteiger partial charge in [0, 0.05) is 12.8 Å². The Bertz CT molecular complexity index is 1260. The van der Waals surface area contributed by atoms with Crippen LogP contribution in [-0.4, -0.2) is 65.7 Å². The van der Waals surface area contributed by atoms with Crippen molar-refractivity contribution >= 4 is 19.8 Å². The molecule has 0 aliphatic rings. The van der Waals surface area contributed by atoms with E-state index in [2.05, 4.69) is 116 Å². The van der Waals surface area contributed by atoms with Crippen molar-refractivity contribution in [3.8, 4) is 0 Å². The van der Waals surface area contributed by atoms with Crippen LogP contribution in [0.15, 0.2) is 97.2 Å². The summed E-state index contributed by atoms with van der Waals surface area (Å²) in [5, 5.41) is 18.3. The lowest BCUT2D eigenvalue weighted by Crippen LogP contribution is -2.29. The van der Waals surface area contributed by atoms with Gasteiger partial charge in [0.05, 0.1) is 19.8 Å². The fourth-order valence-electron chi connectivity index (χ4n) is 4.96. The topological polar surface area (TPSA) is 149 Å². The Labute approximate surface area is 344 Å². The number of esters is 2. The average molecular weight is 819 g/mol. The molecule has 324 valence electrons. The molecule has 57 heavy (non-hydrogen) atoms. The Morgan fingerprint density at radius 1 is 0.544 bits per heavy atom. The van der Waals surface area contributed by atoms with E-state index in [1.807, 2.05) is 0 Å². The van der Waals surface area contributed by atoms with Gasteiger partial charge in [-0.1, -0.05) is 130 Å². The maximum absolute atomic E-state index is 12.6. The number of hydrogen-bond acceptors (Lipinski definition) is 9. The molecule has 0 spiro atoms. The molecule has 0 amide bonds. The molecule has 10 nitrogen and oxygen atoms in total. The molecular weight excluding hydrogens is 743 g/mol. The van der Waals surface area contributed by atoms with Gasteiger partial charge in [-0.25, -0.2) is 4.57 Å². The van der Waals surface area contributed by atoms with E-state index in [0.717, 1.165) is 83.5 Å². The van der Waals surface area contributed by atoms with Gasteiger partial charge in [-0.3, -0.25) is 18.6 Å². The predicted molar refractivity (Wildman–Crippen MR) is 232 cm³/mol. The zero-order valence-electron chi connectivity index (χ0n) is 35.0. The van der Waals surface area contributed by atoms with Gasteiger partial charge in [-0.2, -0.15) is 0 Å². The molecule has 0 fully saturated rings. The number of aliphatic hydroxyl groups excluding tert-OH is 2. The summed E-state index contributed by atoms with van der Waals surface area (Å²) in [6.45, 7) is 2.12. The minimum absolute atomic E-state index is 0.131. The number of carbonyl (C=O) groups is 2. The predicted octanol–water partition coefficient (Wildman–Crippen LogP) is 11.2. The molecule has 0 aliphatic carbocycles. The van der Waals surface area contributed by atoms with Crippen LogP contribution in [0, 0.1) is 0 Å². The molecule has 11 heteroatoms. The third-order valence-electron chi connectivity index (χ3n) is 8.22. The minimum Gasteiger partial charge on any atom is -0.462 e. The van der Waals surface area contributed by atoms with Crippen LogP contribution in [0.25, 0.3) is 0 Å². The van der Waals surface area contributed by atoms with Gasteiger partial charge in [-0.15, -0.1) is 0 Å². The van der Waals surface area contributed by atoms with Crippen molar-refractivity contribution in [2.75, 3.05) is 26.4 Å². The number of rotatable bonds is 38. The van der Waals surface area contributed by atoms with E-state index in [-0.39, 0.29) is 19.4 Å². The van der Waals surface area contributed by atoms with Gasteiger partial charge >= 0.3 is 19.8 Å². The van der Waals surface area contributed by atoms with E-state index in [4.69, 9.17) is 19.1 Å². The van der Waals surface area contributed by atoms with Crippen LogP contribution in [0.2, 0.25) is 0 Å². The van der Waals surface area contributed by atoms with Crippen LogP contribution < -0.4 is 0 Å². The first-order valence-electron chi connectivity index (χ1n) is 21.2. The Kier molecular flexibility index (Phi) is 38.8. The van der Waals surface area contributed by atoms with E-state index in [9.17, 15) is 24.2 Å². The summed E-state index contributed by atoms with van der Waals surface area (Å²) in [6.07, 6.45) is 49.5. The summed E-state index contributed by atoms with van der Waals surface area (Å²) in [7, 11) is -4.64. The molecule has 3 atom stereocenters. The minimum atomic E-state index is -4.64. The molecule has 0 radical (unpaired) electrons. The highest BCUT2D eigenvalue weighted by atomic mass is 31.2. The maximum atomic E-state index is 12.6. The normalized spacial score (nSPS) is 14.8. The molecule has 3 N–H and O–H groups in total. The molecule has 0 aliphatic heterocycles. The fraction of sp³-hybridized carbons (Fsp3) is 0.609. The summed E-state index contributed by atoms with van der Waals surface area (Å²) >= 11 is 0. The average Bonchev–Trinajstić information content (AvgIpc) is 3.20. The zero-order chi connectivity index (χ0) is 41.9. The van der Waals surface area contributed by atoms with Crippen molar-refractivity contribution in [2.45, 2.75) is 154 Å². The molecule has 0 saturated heterocycles. The highest BCUT2D eigenvalue weighted by molar-refractivity contribution is 7.47. The molecule has 1 unspecified atom stereocenters. The van der Waals surface area contributed by atoms with Crippen molar-refractivity contribution in [3.63, 3.8) is 0 Å². The SMILES string of the molecule is CC/C=C/C/C=C/C/C=C/C/C=C/C/C=C/CCCCCC(=O)O[C@H](COC(=O)CCCC/C=C/C/C=C/C/C=C/CCCCC)COP(=O)(O)OC[C@@H](O)CO. The van der Waals surface area contributed by atoms with Crippen molar-refractivity contribution < 1.29 is 47.8 Å².